The quantitative estimate of drug-likeness (QED) is 0.742. The van der Waals surface area contributed by atoms with Crippen molar-refractivity contribution in [3.8, 4) is 0 Å². The second-order valence-corrected chi connectivity index (χ2v) is 6.64. The summed E-state index contributed by atoms with van der Waals surface area (Å²) in [5.41, 5.74) is 0.495. The highest BCUT2D eigenvalue weighted by Gasteiger charge is 2.23. The summed E-state index contributed by atoms with van der Waals surface area (Å²) >= 11 is 9.39. The maximum atomic E-state index is 12.6. The second kappa shape index (κ2) is 7.41. The van der Waals surface area contributed by atoms with Crippen LogP contribution in [0.15, 0.2) is 16.7 Å². The molecule has 0 N–H and O–H groups in total. The maximum Gasteiger partial charge on any atom is 0.257 e. The van der Waals surface area contributed by atoms with Gasteiger partial charge in [0.05, 0.1) is 5.56 Å². The van der Waals surface area contributed by atoms with E-state index in [0.717, 1.165) is 36.3 Å². The van der Waals surface area contributed by atoms with Crippen LogP contribution in [-0.4, -0.2) is 28.9 Å². The normalized spacial score (nSPS) is 19.8. The highest BCUT2D eigenvalue weighted by molar-refractivity contribution is 9.10. The first-order chi connectivity index (χ1) is 9.61. The Balaban J connectivity index is 2.07. The van der Waals surface area contributed by atoms with E-state index in [-0.39, 0.29) is 11.1 Å². The Labute approximate surface area is 133 Å². The molecule has 2 heterocycles. The average molecular weight is 360 g/mol. The lowest BCUT2D eigenvalue weighted by atomic mass is 9.96. The molecule has 0 spiro atoms. The summed E-state index contributed by atoms with van der Waals surface area (Å²) in [6, 6.07) is 1.76. The van der Waals surface area contributed by atoms with Gasteiger partial charge in [0.25, 0.3) is 5.91 Å². The number of rotatable bonds is 3. The molecule has 3 nitrogen and oxygen atoms in total. The van der Waals surface area contributed by atoms with Crippen LogP contribution in [0.1, 0.15) is 49.4 Å². The van der Waals surface area contributed by atoms with E-state index in [1.54, 1.807) is 12.3 Å². The number of carbonyl (C=O) groups is 1. The van der Waals surface area contributed by atoms with Gasteiger partial charge in [-0.15, -0.1) is 0 Å². The van der Waals surface area contributed by atoms with Gasteiger partial charge in [0.15, 0.2) is 0 Å². The smallest absolute Gasteiger partial charge is 0.257 e. The van der Waals surface area contributed by atoms with Crippen LogP contribution in [0.25, 0.3) is 0 Å². The van der Waals surface area contributed by atoms with Gasteiger partial charge >= 0.3 is 0 Å². The molecule has 5 heteroatoms. The highest BCUT2D eigenvalue weighted by atomic mass is 79.9. The van der Waals surface area contributed by atoms with Gasteiger partial charge in [-0.25, -0.2) is 4.98 Å². The Bertz CT molecular complexity index is 481. The summed E-state index contributed by atoms with van der Waals surface area (Å²) in [5.74, 6) is 0.759. The number of likely N-dealkylation sites (tertiary alicyclic amines) is 1. The molecule has 20 heavy (non-hydrogen) atoms. The van der Waals surface area contributed by atoms with Crippen LogP contribution in [0.4, 0.5) is 0 Å². The third kappa shape index (κ3) is 3.95. The van der Waals surface area contributed by atoms with Crippen molar-refractivity contribution in [2.45, 2.75) is 39.0 Å². The molecule has 0 bridgehead atoms. The standard InChI is InChI=1S/C15H20BrClN2O/c1-2-4-11-5-3-7-19(8-6-11)15(20)13-9-12(16)10-18-14(13)17/h9-11H,2-8H2,1H3. The zero-order chi connectivity index (χ0) is 14.5. The summed E-state index contributed by atoms with van der Waals surface area (Å²) in [6.45, 7) is 3.87. The summed E-state index contributed by atoms with van der Waals surface area (Å²) in [6.07, 6.45) is 7.50. The van der Waals surface area contributed by atoms with Gasteiger partial charge in [-0.05, 0) is 47.2 Å². The minimum atomic E-state index is 0.000878. The summed E-state index contributed by atoms with van der Waals surface area (Å²) in [7, 11) is 0. The van der Waals surface area contributed by atoms with E-state index in [9.17, 15) is 4.79 Å². The molecule has 1 amide bonds. The zero-order valence-corrected chi connectivity index (χ0v) is 14.1. The van der Waals surface area contributed by atoms with Crippen molar-refractivity contribution in [2.24, 2.45) is 5.92 Å². The lowest BCUT2D eigenvalue weighted by Gasteiger charge is -2.21. The number of hydrogen-bond acceptors (Lipinski definition) is 2. The maximum absolute atomic E-state index is 12.6. The van der Waals surface area contributed by atoms with Crippen LogP contribution in [0, 0.1) is 5.92 Å². The van der Waals surface area contributed by atoms with Gasteiger partial charge in [-0.1, -0.05) is 31.4 Å². The molecule has 1 saturated heterocycles. The fourth-order valence-corrected chi connectivity index (χ4v) is 3.32. The van der Waals surface area contributed by atoms with Crippen molar-refractivity contribution in [3.05, 3.63) is 27.5 Å². The molecule has 1 aliphatic heterocycles. The van der Waals surface area contributed by atoms with Crippen LogP contribution in [0.2, 0.25) is 5.15 Å². The van der Waals surface area contributed by atoms with Crippen molar-refractivity contribution in [3.63, 3.8) is 0 Å². The number of nitrogens with zero attached hydrogens (tertiary/aromatic N) is 2. The number of hydrogen-bond donors (Lipinski definition) is 0. The van der Waals surface area contributed by atoms with Crippen LogP contribution in [0.5, 0.6) is 0 Å². The van der Waals surface area contributed by atoms with Gasteiger partial charge in [-0.3, -0.25) is 4.79 Å². The topological polar surface area (TPSA) is 33.2 Å². The predicted octanol–water partition coefficient (Wildman–Crippen LogP) is 4.54. The molecule has 110 valence electrons. The van der Waals surface area contributed by atoms with Crippen molar-refractivity contribution >= 4 is 33.4 Å². The fraction of sp³-hybridized carbons (Fsp3) is 0.600. The molecule has 1 aromatic heterocycles. The first kappa shape index (κ1) is 15.8. The summed E-state index contributed by atoms with van der Waals surface area (Å²) < 4.78 is 0.781. The summed E-state index contributed by atoms with van der Waals surface area (Å²) in [4.78, 5) is 18.5. The average Bonchev–Trinajstić information content (AvgIpc) is 2.67. The third-order valence-corrected chi connectivity index (χ3v) is 4.60. The fourth-order valence-electron chi connectivity index (χ4n) is 2.81. The van der Waals surface area contributed by atoms with Crippen molar-refractivity contribution in [1.82, 2.24) is 9.88 Å². The van der Waals surface area contributed by atoms with Crippen molar-refractivity contribution < 1.29 is 4.79 Å². The molecule has 1 aliphatic rings. The Morgan fingerprint density at radius 3 is 3.05 bits per heavy atom. The lowest BCUT2D eigenvalue weighted by Crippen LogP contribution is -2.32. The number of aromatic nitrogens is 1. The molecule has 2 rings (SSSR count). The lowest BCUT2D eigenvalue weighted by molar-refractivity contribution is 0.0759. The second-order valence-electron chi connectivity index (χ2n) is 5.37. The molecule has 1 fully saturated rings. The van der Waals surface area contributed by atoms with Crippen LogP contribution in [0.3, 0.4) is 0 Å². The molecular weight excluding hydrogens is 340 g/mol. The zero-order valence-electron chi connectivity index (χ0n) is 11.7. The van der Waals surface area contributed by atoms with E-state index >= 15 is 0 Å². The number of carbonyl (C=O) groups excluding carboxylic acids is 1. The van der Waals surface area contributed by atoms with Crippen LogP contribution < -0.4 is 0 Å². The van der Waals surface area contributed by atoms with E-state index in [1.807, 2.05) is 4.90 Å². The van der Waals surface area contributed by atoms with Gasteiger partial charge in [0.1, 0.15) is 5.15 Å². The Kier molecular flexibility index (Phi) is 5.85. The molecule has 0 aromatic carbocycles. The van der Waals surface area contributed by atoms with Crippen molar-refractivity contribution in [1.29, 1.82) is 0 Å². The largest absolute Gasteiger partial charge is 0.339 e. The van der Waals surface area contributed by atoms with Gasteiger partial charge in [-0.2, -0.15) is 0 Å². The molecular formula is C15H20BrClN2O. The number of halogens is 2. The van der Waals surface area contributed by atoms with Crippen LogP contribution >= 0.6 is 27.5 Å². The molecule has 1 atom stereocenters. The first-order valence-electron chi connectivity index (χ1n) is 7.22. The minimum Gasteiger partial charge on any atom is -0.339 e. The highest BCUT2D eigenvalue weighted by Crippen LogP contribution is 2.25. The Hall–Kier alpha value is -0.610. The summed E-state index contributed by atoms with van der Waals surface area (Å²) in [5, 5.41) is 0.285. The minimum absolute atomic E-state index is 0.000878. The molecule has 0 saturated carbocycles. The number of amides is 1. The monoisotopic (exact) mass is 358 g/mol. The molecule has 1 aromatic rings. The number of pyridine rings is 1. The van der Waals surface area contributed by atoms with E-state index < -0.39 is 0 Å². The van der Waals surface area contributed by atoms with Gasteiger partial charge in [0, 0.05) is 23.8 Å². The molecule has 0 radical (unpaired) electrons. The van der Waals surface area contributed by atoms with E-state index in [2.05, 4.69) is 27.8 Å². The van der Waals surface area contributed by atoms with E-state index in [0.29, 0.717) is 5.56 Å². The third-order valence-electron chi connectivity index (χ3n) is 3.87. The van der Waals surface area contributed by atoms with Gasteiger partial charge in [0.2, 0.25) is 0 Å². The van der Waals surface area contributed by atoms with Gasteiger partial charge < -0.3 is 4.90 Å². The Morgan fingerprint density at radius 1 is 1.50 bits per heavy atom. The SMILES string of the molecule is CCCC1CCCN(C(=O)c2cc(Br)cnc2Cl)CC1. The van der Waals surface area contributed by atoms with E-state index in [4.69, 9.17) is 11.6 Å². The van der Waals surface area contributed by atoms with E-state index in [1.165, 1.54) is 19.3 Å². The molecule has 0 aliphatic carbocycles. The predicted molar refractivity (Wildman–Crippen MR) is 85.1 cm³/mol. The molecule has 1 unspecified atom stereocenters. The first-order valence-corrected chi connectivity index (χ1v) is 8.39. The van der Waals surface area contributed by atoms with Crippen molar-refractivity contribution in [2.75, 3.05) is 13.1 Å². The Morgan fingerprint density at radius 2 is 2.30 bits per heavy atom. The van der Waals surface area contributed by atoms with Crippen LogP contribution in [-0.2, 0) is 0 Å².